The smallest absolute Gasteiger partial charge is 0.0863 e. The summed E-state index contributed by atoms with van der Waals surface area (Å²) in [6.45, 7) is 1.80. The molecule has 0 bridgehead atoms. The molecule has 1 aromatic heterocycles. The fraction of sp³-hybridized carbons (Fsp3) is 0.545. The topological polar surface area (TPSA) is 54.4 Å². The summed E-state index contributed by atoms with van der Waals surface area (Å²) in [5.74, 6) is 0. The third-order valence-electron chi connectivity index (χ3n) is 2.75. The third kappa shape index (κ3) is 3.17. The molecule has 0 amide bonds. The summed E-state index contributed by atoms with van der Waals surface area (Å²) < 4.78 is 6.16. The molecule has 4 nitrogen and oxygen atoms in total. The first-order chi connectivity index (χ1) is 7.68. The van der Waals surface area contributed by atoms with Crippen LogP contribution in [0.25, 0.3) is 0 Å². The van der Waals surface area contributed by atoms with Crippen molar-refractivity contribution in [3.05, 3.63) is 22.9 Å². The molecule has 1 saturated heterocycles. The van der Waals surface area contributed by atoms with Crippen molar-refractivity contribution in [3.8, 4) is 0 Å². The standard InChI is InChI=1S/C11H15BrN2O2/c12-9-5-10(7-13-6-9)14-8-11(15)1-3-16-4-2-11/h5-7,14-15H,1-4,8H2. The Hall–Kier alpha value is -0.650. The fourth-order valence-electron chi connectivity index (χ4n) is 1.70. The van der Waals surface area contributed by atoms with E-state index in [9.17, 15) is 5.11 Å². The summed E-state index contributed by atoms with van der Waals surface area (Å²) in [6, 6.07) is 1.94. The van der Waals surface area contributed by atoms with E-state index in [4.69, 9.17) is 4.74 Å². The number of halogens is 1. The Kier molecular flexibility index (Phi) is 3.78. The predicted molar refractivity (Wildman–Crippen MR) is 65.4 cm³/mol. The summed E-state index contributed by atoms with van der Waals surface area (Å²) in [4.78, 5) is 4.05. The molecule has 2 N–H and O–H groups in total. The van der Waals surface area contributed by atoms with Gasteiger partial charge in [-0.2, -0.15) is 0 Å². The summed E-state index contributed by atoms with van der Waals surface area (Å²) in [5, 5.41) is 13.4. The Bertz CT molecular complexity index is 354. The Morgan fingerprint density at radius 1 is 1.44 bits per heavy atom. The van der Waals surface area contributed by atoms with Crippen LogP contribution in [0.4, 0.5) is 5.69 Å². The second-order valence-corrected chi connectivity index (χ2v) is 5.00. The normalized spacial score (nSPS) is 19.4. The number of pyridine rings is 1. The van der Waals surface area contributed by atoms with E-state index in [1.54, 1.807) is 12.4 Å². The minimum Gasteiger partial charge on any atom is -0.388 e. The average Bonchev–Trinajstić information content (AvgIpc) is 2.28. The molecule has 0 radical (unpaired) electrons. The van der Waals surface area contributed by atoms with E-state index in [1.807, 2.05) is 6.07 Å². The van der Waals surface area contributed by atoms with Gasteiger partial charge in [-0.1, -0.05) is 0 Å². The largest absolute Gasteiger partial charge is 0.388 e. The predicted octanol–water partition coefficient (Wildman–Crippen LogP) is 1.80. The molecule has 1 aromatic rings. The van der Waals surface area contributed by atoms with Crippen LogP contribution < -0.4 is 5.32 Å². The maximum Gasteiger partial charge on any atom is 0.0863 e. The first-order valence-corrected chi connectivity index (χ1v) is 6.12. The minimum absolute atomic E-state index is 0.536. The van der Waals surface area contributed by atoms with E-state index in [-0.39, 0.29) is 0 Å². The maximum atomic E-state index is 10.2. The Morgan fingerprint density at radius 2 is 2.19 bits per heavy atom. The SMILES string of the molecule is OC1(CNc2cncc(Br)c2)CCOCC1. The number of ether oxygens (including phenoxy) is 1. The second kappa shape index (κ2) is 5.12. The van der Waals surface area contributed by atoms with E-state index in [0.717, 1.165) is 10.2 Å². The van der Waals surface area contributed by atoms with Crippen molar-refractivity contribution >= 4 is 21.6 Å². The summed E-state index contributed by atoms with van der Waals surface area (Å²) in [7, 11) is 0. The molecule has 0 atom stereocenters. The average molecular weight is 287 g/mol. The number of hydrogen-bond donors (Lipinski definition) is 2. The zero-order valence-corrected chi connectivity index (χ0v) is 10.5. The Labute approximate surface area is 103 Å². The summed E-state index contributed by atoms with van der Waals surface area (Å²) in [6.07, 6.45) is 4.84. The van der Waals surface area contributed by atoms with Crippen molar-refractivity contribution in [3.63, 3.8) is 0 Å². The van der Waals surface area contributed by atoms with Crippen LogP contribution in [0.5, 0.6) is 0 Å². The molecule has 2 heterocycles. The molecule has 16 heavy (non-hydrogen) atoms. The molecule has 0 aromatic carbocycles. The van der Waals surface area contributed by atoms with Gasteiger partial charge in [-0.3, -0.25) is 4.98 Å². The zero-order valence-electron chi connectivity index (χ0n) is 8.95. The Morgan fingerprint density at radius 3 is 2.88 bits per heavy atom. The highest BCUT2D eigenvalue weighted by atomic mass is 79.9. The lowest BCUT2D eigenvalue weighted by atomic mass is 9.94. The highest BCUT2D eigenvalue weighted by Crippen LogP contribution is 2.21. The number of nitrogens with one attached hydrogen (secondary N) is 1. The molecular weight excluding hydrogens is 272 g/mol. The molecule has 2 rings (SSSR count). The molecule has 0 aliphatic carbocycles. The number of anilines is 1. The second-order valence-electron chi connectivity index (χ2n) is 4.08. The van der Waals surface area contributed by atoms with Crippen LogP contribution in [0.1, 0.15) is 12.8 Å². The monoisotopic (exact) mass is 286 g/mol. The van der Waals surface area contributed by atoms with Crippen LogP contribution >= 0.6 is 15.9 Å². The van der Waals surface area contributed by atoms with E-state index in [1.165, 1.54) is 0 Å². The molecule has 1 aliphatic rings. The van der Waals surface area contributed by atoms with Gasteiger partial charge in [0.1, 0.15) is 0 Å². The quantitative estimate of drug-likeness (QED) is 0.890. The molecule has 1 aliphatic heterocycles. The van der Waals surface area contributed by atoms with Gasteiger partial charge in [-0.25, -0.2) is 0 Å². The Balaban J connectivity index is 1.91. The molecule has 0 unspecified atom stereocenters. The van der Waals surface area contributed by atoms with E-state index < -0.39 is 5.60 Å². The zero-order chi connectivity index (χ0) is 11.4. The van der Waals surface area contributed by atoms with Gasteiger partial charge in [-0.15, -0.1) is 0 Å². The lowest BCUT2D eigenvalue weighted by Crippen LogP contribution is -2.42. The third-order valence-corrected chi connectivity index (χ3v) is 3.18. The van der Waals surface area contributed by atoms with Crippen molar-refractivity contribution in [2.24, 2.45) is 0 Å². The molecule has 5 heteroatoms. The van der Waals surface area contributed by atoms with Crippen LogP contribution in [-0.2, 0) is 4.74 Å². The highest BCUT2D eigenvalue weighted by molar-refractivity contribution is 9.10. The van der Waals surface area contributed by atoms with Gasteiger partial charge in [0.15, 0.2) is 0 Å². The van der Waals surface area contributed by atoms with E-state index >= 15 is 0 Å². The number of hydrogen-bond acceptors (Lipinski definition) is 4. The number of aromatic nitrogens is 1. The van der Waals surface area contributed by atoms with Crippen molar-refractivity contribution in [2.75, 3.05) is 25.1 Å². The van der Waals surface area contributed by atoms with Gasteiger partial charge in [-0.05, 0) is 22.0 Å². The number of rotatable bonds is 3. The van der Waals surface area contributed by atoms with Crippen molar-refractivity contribution in [1.82, 2.24) is 4.98 Å². The van der Waals surface area contributed by atoms with E-state index in [2.05, 4.69) is 26.2 Å². The number of nitrogens with zero attached hydrogens (tertiary/aromatic N) is 1. The van der Waals surface area contributed by atoms with Crippen molar-refractivity contribution < 1.29 is 9.84 Å². The van der Waals surface area contributed by atoms with Crippen molar-refractivity contribution in [2.45, 2.75) is 18.4 Å². The fourth-order valence-corrected chi connectivity index (χ4v) is 2.07. The van der Waals surface area contributed by atoms with Gasteiger partial charge < -0.3 is 15.2 Å². The van der Waals surface area contributed by atoms with Crippen LogP contribution in [0, 0.1) is 0 Å². The maximum absolute atomic E-state index is 10.2. The molecule has 0 saturated carbocycles. The molecule has 88 valence electrons. The highest BCUT2D eigenvalue weighted by Gasteiger charge is 2.29. The van der Waals surface area contributed by atoms with Gasteiger partial charge >= 0.3 is 0 Å². The lowest BCUT2D eigenvalue weighted by Gasteiger charge is -2.32. The van der Waals surface area contributed by atoms with Gasteiger partial charge in [0.05, 0.1) is 17.5 Å². The summed E-state index contributed by atoms with van der Waals surface area (Å²) in [5.41, 5.74) is 0.259. The van der Waals surface area contributed by atoms with Crippen LogP contribution in [0.2, 0.25) is 0 Å². The molecule has 0 spiro atoms. The molecule has 1 fully saturated rings. The summed E-state index contributed by atoms with van der Waals surface area (Å²) >= 11 is 3.36. The molecular formula is C11H15BrN2O2. The minimum atomic E-state index is -0.652. The van der Waals surface area contributed by atoms with Gasteiger partial charge in [0.2, 0.25) is 0 Å². The van der Waals surface area contributed by atoms with Crippen molar-refractivity contribution in [1.29, 1.82) is 0 Å². The van der Waals surface area contributed by atoms with Crippen LogP contribution in [-0.4, -0.2) is 35.5 Å². The first kappa shape index (κ1) is 11.8. The van der Waals surface area contributed by atoms with Gasteiger partial charge in [0.25, 0.3) is 0 Å². The van der Waals surface area contributed by atoms with Crippen LogP contribution in [0.15, 0.2) is 22.9 Å². The van der Waals surface area contributed by atoms with Gasteiger partial charge in [0, 0.05) is 43.3 Å². The lowest BCUT2D eigenvalue weighted by molar-refractivity contribution is -0.0543. The van der Waals surface area contributed by atoms with E-state index in [0.29, 0.717) is 32.6 Å². The van der Waals surface area contributed by atoms with Crippen LogP contribution in [0.3, 0.4) is 0 Å². The first-order valence-electron chi connectivity index (χ1n) is 5.33. The number of aliphatic hydroxyl groups is 1.